The van der Waals surface area contributed by atoms with E-state index in [0.29, 0.717) is 0 Å². The van der Waals surface area contributed by atoms with Crippen LogP contribution in [0.3, 0.4) is 0 Å². The molecular formula is C6H14FN. The quantitative estimate of drug-likeness (QED) is 0.508. The summed E-state index contributed by atoms with van der Waals surface area (Å²) in [5.74, 6) is 0. The third-order valence-corrected chi connectivity index (χ3v) is 1.10. The van der Waals surface area contributed by atoms with E-state index in [1.54, 1.807) is 11.9 Å². The Kier molecular flexibility index (Phi) is 4.97. The van der Waals surface area contributed by atoms with Gasteiger partial charge in [0.15, 0.2) is 0 Å². The van der Waals surface area contributed by atoms with Crippen molar-refractivity contribution in [1.82, 2.24) is 4.90 Å². The Labute approximate surface area is 50.5 Å². The summed E-state index contributed by atoms with van der Waals surface area (Å²) in [6.45, 7) is 2.67. The summed E-state index contributed by atoms with van der Waals surface area (Å²) in [7, 11) is 1.79. The zero-order valence-electron chi connectivity index (χ0n) is 5.65. The zero-order valence-corrected chi connectivity index (χ0v) is 5.65. The maximum absolute atomic E-state index is 11.6. The molecule has 2 heteroatoms. The van der Waals surface area contributed by atoms with E-state index in [-0.39, 0.29) is 6.80 Å². The highest BCUT2D eigenvalue weighted by atomic mass is 19.1. The van der Waals surface area contributed by atoms with Gasteiger partial charge in [-0.25, -0.2) is 4.39 Å². The van der Waals surface area contributed by atoms with Gasteiger partial charge in [-0.2, -0.15) is 0 Å². The van der Waals surface area contributed by atoms with Gasteiger partial charge in [0.25, 0.3) is 0 Å². The predicted molar refractivity (Wildman–Crippen MR) is 33.5 cm³/mol. The molecule has 0 aliphatic heterocycles. The fourth-order valence-corrected chi connectivity index (χ4v) is 0.488. The van der Waals surface area contributed by atoms with Crippen LogP contribution < -0.4 is 0 Å². The Hall–Kier alpha value is -0.110. The largest absolute Gasteiger partial charge is 0.280 e. The Morgan fingerprint density at radius 2 is 2.12 bits per heavy atom. The molecule has 0 unspecified atom stereocenters. The third-order valence-electron chi connectivity index (χ3n) is 1.10. The molecule has 0 bridgehead atoms. The number of unbranched alkanes of at least 4 members (excludes halogenated alkanes) is 1. The van der Waals surface area contributed by atoms with Gasteiger partial charge >= 0.3 is 0 Å². The molecule has 0 aliphatic rings. The van der Waals surface area contributed by atoms with E-state index in [2.05, 4.69) is 6.92 Å². The highest BCUT2D eigenvalue weighted by Crippen LogP contribution is 1.89. The maximum atomic E-state index is 11.6. The smallest absolute Gasteiger partial charge is 0.142 e. The van der Waals surface area contributed by atoms with E-state index in [0.717, 1.165) is 19.4 Å². The molecule has 0 fully saturated rings. The topological polar surface area (TPSA) is 3.24 Å². The normalized spacial score (nSPS) is 10.5. The lowest BCUT2D eigenvalue weighted by Gasteiger charge is -2.08. The predicted octanol–water partition coefficient (Wildman–Crippen LogP) is 1.65. The van der Waals surface area contributed by atoms with E-state index in [4.69, 9.17) is 0 Å². The summed E-state index contributed by atoms with van der Waals surface area (Å²) in [4.78, 5) is 1.67. The molecule has 0 aromatic rings. The molecule has 0 N–H and O–H groups in total. The summed E-state index contributed by atoms with van der Waals surface area (Å²) < 4.78 is 11.6. The van der Waals surface area contributed by atoms with E-state index in [9.17, 15) is 4.39 Å². The van der Waals surface area contributed by atoms with Gasteiger partial charge in [-0.15, -0.1) is 0 Å². The second-order valence-corrected chi connectivity index (χ2v) is 2.05. The maximum Gasteiger partial charge on any atom is 0.142 e. The second kappa shape index (κ2) is 5.04. The fourth-order valence-electron chi connectivity index (χ4n) is 0.488. The molecule has 0 aromatic heterocycles. The fraction of sp³-hybridized carbons (Fsp3) is 1.00. The first kappa shape index (κ1) is 7.89. The van der Waals surface area contributed by atoms with Crippen molar-refractivity contribution in [2.24, 2.45) is 0 Å². The molecule has 0 saturated heterocycles. The first-order valence-electron chi connectivity index (χ1n) is 3.05. The van der Waals surface area contributed by atoms with Crippen molar-refractivity contribution in [2.45, 2.75) is 19.8 Å². The molecule has 0 rings (SSSR count). The van der Waals surface area contributed by atoms with Crippen LogP contribution >= 0.6 is 0 Å². The van der Waals surface area contributed by atoms with Crippen molar-refractivity contribution in [2.75, 3.05) is 20.4 Å². The summed E-state index contributed by atoms with van der Waals surface area (Å²) in [5.41, 5.74) is 0. The first-order chi connectivity index (χ1) is 3.81. The van der Waals surface area contributed by atoms with E-state index < -0.39 is 0 Å². The van der Waals surface area contributed by atoms with E-state index >= 15 is 0 Å². The molecule has 50 valence electrons. The number of nitrogens with zero attached hydrogens (tertiary/aromatic N) is 1. The summed E-state index contributed by atoms with van der Waals surface area (Å²) in [5, 5.41) is 0. The highest BCUT2D eigenvalue weighted by Gasteiger charge is 1.91. The standard InChI is InChI=1S/C6H14FN/c1-3-4-5-8(2)6-7/h3-6H2,1-2H3. The monoisotopic (exact) mass is 119 g/mol. The summed E-state index contributed by atoms with van der Waals surface area (Å²) in [6.07, 6.45) is 2.24. The number of hydrogen-bond donors (Lipinski definition) is 0. The molecule has 8 heavy (non-hydrogen) atoms. The third kappa shape index (κ3) is 4.06. The Bertz CT molecular complexity index is 47.8. The van der Waals surface area contributed by atoms with Crippen LogP contribution in [-0.4, -0.2) is 25.3 Å². The molecule has 0 radical (unpaired) electrons. The minimum Gasteiger partial charge on any atom is -0.280 e. The lowest BCUT2D eigenvalue weighted by atomic mass is 10.3. The van der Waals surface area contributed by atoms with Crippen molar-refractivity contribution in [3.8, 4) is 0 Å². The van der Waals surface area contributed by atoms with Gasteiger partial charge in [0.2, 0.25) is 0 Å². The van der Waals surface area contributed by atoms with Gasteiger partial charge in [-0.3, -0.25) is 4.90 Å². The Morgan fingerprint density at radius 3 is 2.50 bits per heavy atom. The minimum atomic E-state index is -0.319. The summed E-state index contributed by atoms with van der Waals surface area (Å²) in [6, 6.07) is 0. The van der Waals surface area contributed by atoms with Gasteiger partial charge in [-0.1, -0.05) is 13.3 Å². The van der Waals surface area contributed by atoms with Crippen LogP contribution in [0, 0.1) is 0 Å². The molecule has 0 heterocycles. The minimum absolute atomic E-state index is 0.319. The van der Waals surface area contributed by atoms with Crippen molar-refractivity contribution < 1.29 is 4.39 Å². The van der Waals surface area contributed by atoms with Gasteiger partial charge in [0.1, 0.15) is 6.80 Å². The molecule has 0 atom stereocenters. The van der Waals surface area contributed by atoms with Crippen molar-refractivity contribution in [1.29, 1.82) is 0 Å². The lowest BCUT2D eigenvalue weighted by molar-refractivity contribution is 0.222. The number of halogens is 1. The molecule has 0 amide bonds. The highest BCUT2D eigenvalue weighted by molar-refractivity contribution is 4.41. The molecule has 0 aromatic carbocycles. The van der Waals surface area contributed by atoms with Crippen molar-refractivity contribution in [3.05, 3.63) is 0 Å². The molecule has 0 saturated carbocycles. The van der Waals surface area contributed by atoms with Crippen LogP contribution in [0.15, 0.2) is 0 Å². The van der Waals surface area contributed by atoms with Crippen LogP contribution in [0.1, 0.15) is 19.8 Å². The number of hydrogen-bond acceptors (Lipinski definition) is 1. The second-order valence-electron chi connectivity index (χ2n) is 2.05. The summed E-state index contributed by atoms with van der Waals surface area (Å²) >= 11 is 0. The molecule has 0 spiro atoms. The van der Waals surface area contributed by atoms with Gasteiger partial charge in [-0.05, 0) is 13.5 Å². The SMILES string of the molecule is CCCCN(C)CF. The van der Waals surface area contributed by atoms with Crippen LogP contribution in [-0.2, 0) is 0 Å². The number of alkyl halides is 1. The van der Waals surface area contributed by atoms with Crippen LogP contribution in [0.2, 0.25) is 0 Å². The van der Waals surface area contributed by atoms with E-state index in [1.165, 1.54) is 0 Å². The van der Waals surface area contributed by atoms with Gasteiger partial charge in [0, 0.05) is 6.54 Å². The van der Waals surface area contributed by atoms with Crippen molar-refractivity contribution in [3.63, 3.8) is 0 Å². The van der Waals surface area contributed by atoms with Crippen molar-refractivity contribution >= 4 is 0 Å². The average Bonchev–Trinajstić information content (AvgIpc) is 1.83. The molecular weight excluding hydrogens is 105 g/mol. The van der Waals surface area contributed by atoms with Crippen LogP contribution in [0.5, 0.6) is 0 Å². The number of rotatable bonds is 4. The van der Waals surface area contributed by atoms with Gasteiger partial charge < -0.3 is 0 Å². The molecule has 0 aliphatic carbocycles. The van der Waals surface area contributed by atoms with Gasteiger partial charge in [0.05, 0.1) is 0 Å². The van der Waals surface area contributed by atoms with E-state index in [1.807, 2.05) is 0 Å². The Balaban J connectivity index is 2.86. The zero-order chi connectivity index (χ0) is 6.41. The van der Waals surface area contributed by atoms with Crippen LogP contribution in [0.4, 0.5) is 4.39 Å². The van der Waals surface area contributed by atoms with Crippen LogP contribution in [0.25, 0.3) is 0 Å². The lowest BCUT2D eigenvalue weighted by Crippen LogP contribution is -2.17. The molecule has 1 nitrogen and oxygen atoms in total. The Morgan fingerprint density at radius 1 is 1.50 bits per heavy atom. The average molecular weight is 119 g/mol. The first-order valence-corrected chi connectivity index (χ1v) is 3.05.